The highest BCUT2D eigenvalue weighted by atomic mass is 32.2. The average molecular weight is 654 g/mol. The lowest BCUT2D eigenvalue weighted by Gasteiger charge is -2.29. The molecule has 0 saturated carbocycles. The Kier molecular flexibility index (Phi) is 10.6. The predicted molar refractivity (Wildman–Crippen MR) is 192 cm³/mol. The second-order valence-electron chi connectivity index (χ2n) is 11.3. The van der Waals surface area contributed by atoms with Gasteiger partial charge in [-0.1, -0.05) is 84.9 Å². The Morgan fingerprint density at radius 1 is 0.792 bits per heavy atom. The van der Waals surface area contributed by atoms with Crippen molar-refractivity contribution in [2.45, 2.75) is 24.3 Å². The molecule has 8 heteroatoms. The fourth-order valence-corrected chi connectivity index (χ4v) is 6.22. The largest absolute Gasteiger partial charge is 0.489 e. The van der Waals surface area contributed by atoms with Crippen molar-refractivity contribution < 1.29 is 19.1 Å². The van der Waals surface area contributed by atoms with E-state index in [-0.39, 0.29) is 17.4 Å². The maximum absolute atomic E-state index is 13.6. The number of anilines is 2. The molecule has 1 aliphatic rings. The highest BCUT2D eigenvalue weighted by Crippen LogP contribution is 2.29. The van der Waals surface area contributed by atoms with Crippen molar-refractivity contribution in [3.63, 3.8) is 0 Å². The van der Waals surface area contributed by atoms with Gasteiger partial charge in [-0.3, -0.25) is 14.4 Å². The van der Waals surface area contributed by atoms with Crippen LogP contribution in [0.25, 0.3) is 6.08 Å². The third-order valence-corrected chi connectivity index (χ3v) is 8.81. The van der Waals surface area contributed by atoms with Gasteiger partial charge in [-0.25, -0.2) is 0 Å². The highest BCUT2D eigenvalue weighted by Gasteiger charge is 2.22. The second kappa shape index (κ2) is 15.8. The number of fused-ring (bicyclic) bond motifs is 1. The van der Waals surface area contributed by atoms with Crippen molar-refractivity contribution in [1.29, 1.82) is 0 Å². The minimum absolute atomic E-state index is 0.0481. The molecular formula is C40H35N3O4S. The van der Waals surface area contributed by atoms with Gasteiger partial charge in [-0.05, 0) is 84.1 Å². The summed E-state index contributed by atoms with van der Waals surface area (Å²) in [6, 6.07) is 41.4. The first-order valence-electron chi connectivity index (χ1n) is 15.8. The van der Waals surface area contributed by atoms with Gasteiger partial charge in [0.05, 0.1) is 5.75 Å². The molecule has 0 unspecified atom stereocenters. The van der Waals surface area contributed by atoms with Gasteiger partial charge in [-0.15, -0.1) is 11.8 Å². The molecule has 240 valence electrons. The van der Waals surface area contributed by atoms with E-state index in [1.165, 1.54) is 17.3 Å². The molecule has 1 heterocycles. The first kappa shape index (κ1) is 32.3. The van der Waals surface area contributed by atoms with Crippen LogP contribution < -0.4 is 20.3 Å². The monoisotopic (exact) mass is 653 g/mol. The third kappa shape index (κ3) is 8.60. The number of amides is 3. The Labute approximate surface area is 284 Å². The van der Waals surface area contributed by atoms with Gasteiger partial charge in [0.15, 0.2) is 0 Å². The van der Waals surface area contributed by atoms with E-state index in [4.69, 9.17) is 4.74 Å². The fourth-order valence-electron chi connectivity index (χ4n) is 5.39. The van der Waals surface area contributed by atoms with Crippen LogP contribution in [0, 0.1) is 0 Å². The maximum Gasteiger partial charge on any atom is 0.272 e. The van der Waals surface area contributed by atoms with Gasteiger partial charge in [0, 0.05) is 28.4 Å². The molecule has 7 nitrogen and oxygen atoms in total. The number of nitrogens with zero attached hydrogens (tertiary/aromatic N) is 1. The van der Waals surface area contributed by atoms with E-state index in [2.05, 4.69) is 16.7 Å². The van der Waals surface area contributed by atoms with Crippen LogP contribution in [0.1, 0.15) is 33.5 Å². The average Bonchev–Trinajstić information content (AvgIpc) is 3.14. The van der Waals surface area contributed by atoms with E-state index in [9.17, 15) is 14.4 Å². The van der Waals surface area contributed by atoms with Crippen molar-refractivity contribution in [3.8, 4) is 5.75 Å². The molecule has 0 bridgehead atoms. The summed E-state index contributed by atoms with van der Waals surface area (Å²) < 4.78 is 5.90. The van der Waals surface area contributed by atoms with Crippen LogP contribution >= 0.6 is 11.8 Å². The van der Waals surface area contributed by atoms with Gasteiger partial charge < -0.3 is 20.3 Å². The third-order valence-electron chi connectivity index (χ3n) is 7.83. The number of benzene rings is 5. The smallest absolute Gasteiger partial charge is 0.272 e. The number of hydrogen-bond acceptors (Lipinski definition) is 5. The number of carbonyl (C=O) groups is 3. The van der Waals surface area contributed by atoms with Crippen molar-refractivity contribution in [1.82, 2.24) is 5.32 Å². The van der Waals surface area contributed by atoms with Gasteiger partial charge in [0.2, 0.25) is 5.91 Å². The minimum Gasteiger partial charge on any atom is -0.489 e. The van der Waals surface area contributed by atoms with Crippen LogP contribution in [0.4, 0.5) is 11.4 Å². The van der Waals surface area contributed by atoms with Crippen LogP contribution in [0.3, 0.4) is 0 Å². The van der Waals surface area contributed by atoms with Crippen molar-refractivity contribution >= 4 is 46.9 Å². The second-order valence-corrected chi connectivity index (χ2v) is 12.3. The summed E-state index contributed by atoms with van der Waals surface area (Å²) in [4.78, 5) is 42.6. The van der Waals surface area contributed by atoms with Crippen molar-refractivity contribution in [2.24, 2.45) is 0 Å². The summed E-state index contributed by atoms with van der Waals surface area (Å²) >= 11 is 1.42. The molecule has 0 radical (unpaired) electrons. The first-order chi connectivity index (χ1) is 23.5. The highest BCUT2D eigenvalue weighted by molar-refractivity contribution is 8.00. The number of aryl methyl sites for hydroxylation is 1. The van der Waals surface area contributed by atoms with E-state index >= 15 is 0 Å². The molecule has 5 aromatic carbocycles. The summed E-state index contributed by atoms with van der Waals surface area (Å²) in [5.41, 5.74) is 5.02. The molecule has 0 saturated heterocycles. The van der Waals surface area contributed by atoms with Crippen LogP contribution in [0.2, 0.25) is 0 Å². The first-order valence-corrected chi connectivity index (χ1v) is 16.8. The predicted octanol–water partition coefficient (Wildman–Crippen LogP) is 7.75. The Balaban J connectivity index is 1.14. The minimum atomic E-state index is -0.480. The zero-order chi connectivity index (χ0) is 33.1. The van der Waals surface area contributed by atoms with E-state index in [1.807, 2.05) is 102 Å². The SMILES string of the molecule is O=C(Nc1cccc(SCC(=O)N2CCCc3ccccc32)c1)/C(=C/c1ccc(OCc2ccccc2)cc1)NC(=O)c1ccccc1. The summed E-state index contributed by atoms with van der Waals surface area (Å²) in [5, 5.41) is 5.70. The van der Waals surface area contributed by atoms with Crippen molar-refractivity contribution in [3.05, 3.63) is 161 Å². The lowest BCUT2D eigenvalue weighted by molar-refractivity contribution is -0.116. The Hall–Kier alpha value is -5.60. The van der Waals surface area contributed by atoms with E-state index in [0.29, 0.717) is 35.7 Å². The van der Waals surface area contributed by atoms with Crippen molar-refractivity contribution in [2.75, 3.05) is 22.5 Å². The lowest BCUT2D eigenvalue weighted by atomic mass is 10.0. The number of ether oxygens (including phenoxy) is 1. The summed E-state index contributed by atoms with van der Waals surface area (Å²) in [6.45, 7) is 1.15. The van der Waals surface area contributed by atoms with Crippen LogP contribution in [0.5, 0.6) is 5.75 Å². The molecule has 1 aliphatic heterocycles. The number of nitrogens with one attached hydrogen (secondary N) is 2. The number of carbonyl (C=O) groups excluding carboxylic acids is 3. The lowest BCUT2D eigenvalue weighted by Crippen LogP contribution is -2.36. The zero-order valence-electron chi connectivity index (χ0n) is 26.3. The van der Waals surface area contributed by atoms with Gasteiger partial charge in [0.1, 0.15) is 18.1 Å². The molecule has 48 heavy (non-hydrogen) atoms. The fraction of sp³-hybridized carbons (Fsp3) is 0.125. The van der Waals surface area contributed by atoms with Crippen LogP contribution in [0.15, 0.2) is 144 Å². The Morgan fingerprint density at radius 3 is 2.31 bits per heavy atom. The normalized spacial score (nSPS) is 12.5. The molecule has 0 aliphatic carbocycles. The standard InChI is InChI=1S/C40H35N3O4S/c44-38(43-24-10-16-31-13-7-8-19-37(31)43)28-48-35-18-9-17-33(26-35)41-40(46)36(42-39(45)32-14-5-2-6-15-32)25-29-20-22-34(23-21-29)47-27-30-11-3-1-4-12-30/h1-9,11-15,17-23,25-26H,10,16,24,27-28H2,(H,41,46)(H,42,45)/b36-25-. The molecule has 3 amide bonds. The van der Waals surface area contributed by atoms with Gasteiger partial charge in [-0.2, -0.15) is 0 Å². The van der Waals surface area contributed by atoms with Crippen LogP contribution in [-0.4, -0.2) is 30.0 Å². The van der Waals surface area contributed by atoms with Crippen LogP contribution in [-0.2, 0) is 22.6 Å². The summed E-state index contributed by atoms with van der Waals surface area (Å²) in [5.74, 6) is 0.128. The molecule has 0 aromatic heterocycles. The summed E-state index contributed by atoms with van der Waals surface area (Å²) in [6.07, 6.45) is 3.55. The van der Waals surface area contributed by atoms with E-state index in [0.717, 1.165) is 29.0 Å². The Morgan fingerprint density at radius 2 is 1.52 bits per heavy atom. The number of rotatable bonds is 11. The topological polar surface area (TPSA) is 87.7 Å². The van der Waals surface area contributed by atoms with Gasteiger partial charge >= 0.3 is 0 Å². The number of para-hydroxylation sites is 1. The number of thioether (sulfide) groups is 1. The van der Waals surface area contributed by atoms with E-state index < -0.39 is 11.8 Å². The molecule has 6 rings (SSSR count). The summed E-state index contributed by atoms with van der Waals surface area (Å²) in [7, 11) is 0. The van der Waals surface area contributed by atoms with Gasteiger partial charge in [0.25, 0.3) is 11.8 Å². The molecule has 2 N–H and O–H groups in total. The number of hydrogen-bond donors (Lipinski definition) is 2. The molecule has 0 fully saturated rings. The van der Waals surface area contributed by atoms with E-state index in [1.54, 1.807) is 36.4 Å². The quantitative estimate of drug-likeness (QED) is 0.113. The maximum atomic E-state index is 13.6. The molecule has 0 spiro atoms. The Bertz CT molecular complexity index is 1910. The molecule has 0 atom stereocenters. The molecular weight excluding hydrogens is 619 g/mol. The zero-order valence-corrected chi connectivity index (χ0v) is 27.1. The molecule has 5 aromatic rings.